The van der Waals surface area contributed by atoms with E-state index in [0.29, 0.717) is 0 Å². The maximum atomic E-state index is 10.4. The van der Waals surface area contributed by atoms with Gasteiger partial charge >= 0.3 is 0 Å². The second-order valence-corrected chi connectivity index (χ2v) is 3.31. The summed E-state index contributed by atoms with van der Waals surface area (Å²) in [4.78, 5) is 10.4. The van der Waals surface area contributed by atoms with Crippen LogP contribution in [0.3, 0.4) is 0 Å². The van der Waals surface area contributed by atoms with Crippen LogP contribution in [-0.2, 0) is 0 Å². The minimum Gasteiger partial charge on any atom is -0.277 e. The summed E-state index contributed by atoms with van der Waals surface area (Å²) in [5.74, 6) is 0. The molecule has 7 heavy (non-hydrogen) atoms. The van der Waals surface area contributed by atoms with Crippen LogP contribution in [0.4, 0.5) is 0 Å². The summed E-state index contributed by atoms with van der Waals surface area (Å²) >= 11 is 0. The van der Waals surface area contributed by atoms with Crippen LogP contribution in [0.1, 0.15) is 5.56 Å². The Morgan fingerprint density at radius 2 is 2.43 bits per heavy atom. The van der Waals surface area contributed by atoms with E-state index in [2.05, 4.69) is 0 Å². The van der Waals surface area contributed by atoms with Crippen molar-refractivity contribution in [1.82, 2.24) is 0 Å². The molecule has 0 radical (unpaired) electrons. The topological polar surface area (TPSA) is 17.1 Å². The summed E-state index contributed by atoms with van der Waals surface area (Å²) in [7, 11) is 2.79. The molecule has 3 heteroatoms. The second-order valence-electron chi connectivity index (χ2n) is 1.27. The average Bonchev–Trinajstić information content (AvgIpc) is 1.91. The van der Waals surface area contributed by atoms with Gasteiger partial charge in [0.25, 0.3) is 0 Å². The molecular weight excluding hydrogens is 128 g/mol. The standard InChI is InChI=1S/C4H4OS2/c1-3-2-6-7-4(3)5/h2H,1H3. The molecule has 0 aromatic carbocycles. The maximum Gasteiger partial charge on any atom is 0.245 e. The highest BCUT2D eigenvalue weighted by molar-refractivity contribution is 7.67. The molecule has 1 heterocycles. The predicted molar refractivity (Wildman–Crippen MR) is 33.2 cm³/mol. The van der Waals surface area contributed by atoms with Gasteiger partial charge in [0.05, 0.1) is 0 Å². The lowest BCUT2D eigenvalue weighted by Gasteiger charge is -1.63. The largest absolute Gasteiger partial charge is 0.277 e. The first-order chi connectivity index (χ1) is 3.30. The maximum absolute atomic E-state index is 10.4. The van der Waals surface area contributed by atoms with Crippen molar-refractivity contribution >= 4 is 20.7 Å². The number of hydrogen-bond donors (Lipinski definition) is 0. The molecule has 0 aliphatic carbocycles. The van der Waals surface area contributed by atoms with Crippen molar-refractivity contribution in [2.75, 3.05) is 0 Å². The molecule has 0 spiro atoms. The summed E-state index contributed by atoms with van der Waals surface area (Å²) in [6, 6.07) is 0. The summed E-state index contributed by atoms with van der Waals surface area (Å²) in [6.07, 6.45) is 0. The Balaban J connectivity index is 3.39. The van der Waals surface area contributed by atoms with Crippen molar-refractivity contribution in [2.45, 2.75) is 6.92 Å². The molecule has 0 unspecified atom stereocenters. The number of hydrogen-bond acceptors (Lipinski definition) is 3. The first kappa shape index (κ1) is 5.00. The molecule has 0 N–H and O–H groups in total. The van der Waals surface area contributed by atoms with Crippen LogP contribution in [0.5, 0.6) is 0 Å². The van der Waals surface area contributed by atoms with Crippen LogP contribution in [-0.4, -0.2) is 0 Å². The molecule has 38 valence electrons. The van der Waals surface area contributed by atoms with Gasteiger partial charge in [-0.05, 0) is 17.3 Å². The summed E-state index contributed by atoms with van der Waals surface area (Å²) in [6.45, 7) is 1.83. The highest BCUT2D eigenvalue weighted by Gasteiger charge is 1.88. The van der Waals surface area contributed by atoms with E-state index in [0.717, 1.165) is 5.56 Å². The minimum atomic E-state index is 0.199. The van der Waals surface area contributed by atoms with E-state index in [1.54, 1.807) is 0 Å². The van der Waals surface area contributed by atoms with Gasteiger partial charge in [0.15, 0.2) is 0 Å². The summed E-state index contributed by atoms with van der Waals surface area (Å²) < 4.78 is 0.199. The van der Waals surface area contributed by atoms with Crippen molar-refractivity contribution in [3.05, 3.63) is 20.5 Å². The molecule has 1 nitrogen and oxygen atoms in total. The smallest absolute Gasteiger partial charge is 0.245 e. The van der Waals surface area contributed by atoms with Crippen molar-refractivity contribution in [1.29, 1.82) is 0 Å². The molecule has 1 aromatic heterocycles. The lowest BCUT2D eigenvalue weighted by molar-refractivity contribution is 1.51. The molecule has 0 fully saturated rings. The quantitative estimate of drug-likeness (QED) is 0.489. The van der Waals surface area contributed by atoms with Crippen LogP contribution >= 0.6 is 20.7 Å². The molecule has 0 atom stereocenters. The van der Waals surface area contributed by atoms with E-state index in [4.69, 9.17) is 0 Å². The SMILES string of the molecule is Cc1cssc1=O. The molecule has 0 bridgehead atoms. The Labute approximate surface area is 48.6 Å². The third-order valence-corrected chi connectivity index (χ3v) is 2.72. The van der Waals surface area contributed by atoms with Gasteiger partial charge in [-0.15, -0.1) is 0 Å². The monoisotopic (exact) mass is 132 g/mol. The van der Waals surface area contributed by atoms with Crippen LogP contribution in [0.25, 0.3) is 0 Å². The molecule has 0 saturated carbocycles. The zero-order chi connectivity index (χ0) is 5.28. The first-order valence-corrected chi connectivity index (χ1v) is 4.06. The van der Waals surface area contributed by atoms with Crippen molar-refractivity contribution in [2.24, 2.45) is 0 Å². The van der Waals surface area contributed by atoms with Crippen LogP contribution in [0.2, 0.25) is 0 Å². The van der Waals surface area contributed by atoms with Gasteiger partial charge < -0.3 is 0 Å². The van der Waals surface area contributed by atoms with Gasteiger partial charge in [0, 0.05) is 10.9 Å². The van der Waals surface area contributed by atoms with Crippen LogP contribution in [0.15, 0.2) is 10.2 Å². The molecule has 0 aliphatic heterocycles. The molecule has 1 rings (SSSR count). The van der Waals surface area contributed by atoms with E-state index >= 15 is 0 Å². The zero-order valence-electron chi connectivity index (χ0n) is 3.80. The van der Waals surface area contributed by atoms with E-state index in [-0.39, 0.29) is 4.74 Å². The Bertz CT molecular complexity index is 197. The fraction of sp³-hybridized carbons (Fsp3) is 0.250. The molecule has 0 aliphatic rings. The van der Waals surface area contributed by atoms with Crippen molar-refractivity contribution in [3.8, 4) is 0 Å². The van der Waals surface area contributed by atoms with Crippen molar-refractivity contribution < 1.29 is 0 Å². The van der Waals surface area contributed by atoms with Gasteiger partial charge in [-0.1, -0.05) is 10.3 Å². The number of rotatable bonds is 0. The third kappa shape index (κ3) is 0.894. The normalized spacial score (nSPS) is 9.29. The lowest BCUT2D eigenvalue weighted by Crippen LogP contribution is -1.89. The van der Waals surface area contributed by atoms with Gasteiger partial charge in [-0.2, -0.15) is 0 Å². The molecular formula is C4H4OS2. The van der Waals surface area contributed by atoms with E-state index in [9.17, 15) is 4.79 Å². The fourth-order valence-corrected chi connectivity index (χ4v) is 2.14. The second kappa shape index (κ2) is 1.76. The average molecular weight is 132 g/mol. The van der Waals surface area contributed by atoms with Crippen LogP contribution in [0, 0.1) is 6.92 Å². The van der Waals surface area contributed by atoms with Gasteiger partial charge in [0.1, 0.15) is 0 Å². The Hall–Kier alpha value is -0.150. The predicted octanol–water partition coefficient (Wildman–Crippen LogP) is 1.48. The molecule has 0 saturated heterocycles. The van der Waals surface area contributed by atoms with Gasteiger partial charge in [-0.25, -0.2) is 0 Å². The Morgan fingerprint density at radius 1 is 1.71 bits per heavy atom. The number of aryl methyl sites for hydroxylation is 1. The van der Waals surface area contributed by atoms with Gasteiger partial charge in [0.2, 0.25) is 4.74 Å². The van der Waals surface area contributed by atoms with E-state index in [1.165, 1.54) is 20.7 Å². The van der Waals surface area contributed by atoms with E-state index in [1.807, 2.05) is 12.3 Å². The lowest BCUT2D eigenvalue weighted by atomic mass is 10.5. The highest BCUT2D eigenvalue weighted by Crippen LogP contribution is 2.02. The van der Waals surface area contributed by atoms with Gasteiger partial charge in [-0.3, -0.25) is 4.79 Å². The van der Waals surface area contributed by atoms with Crippen molar-refractivity contribution in [3.63, 3.8) is 0 Å². The Morgan fingerprint density at radius 3 is 2.57 bits per heavy atom. The molecule has 0 amide bonds. The summed E-state index contributed by atoms with van der Waals surface area (Å²) in [5, 5.41) is 1.87. The first-order valence-electron chi connectivity index (χ1n) is 1.85. The minimum absolute atomic E-state index is 0.199. The van der Waals surface area contributed by atoms with Crippen LogP contribution < -0.4 is 4.74 Å². The molecule has 1 aromatic rings. The zero-order valence-corrected chi connectivity index (χ0v) is 5.44. The van der Waals surface area contributed by atoms with E-state index < -0.39 is 0 Å². The Kier molecular flexibility index (Phi) is 1.25. The third-order valence-electron chi connectivity index (χ3n) is 0.671. The fourth-order valence-electron chi connectivity index (χ4n) is 0.254. The highest BCUT2D eigenvalue weighted by atomic mass is 32.9. The summed E-state index contributed by atoms with van der Waals surface area (Å²) in [5.41, 5.74) is 0.870.